The lowest BCUT2D eigenvalue weighted by atomic mass is 9.87. The normalized spacial score (nSPS) is 12.3. The van der Waals surface area contributed by atoms with Crippen LogP contribution in [0, 0.1) is 5.92 Å². The molecule has 0 heterocycles. The van der Waals surface area contributed by atoms with E-state index in [0.29, 0.717) is 5.92 Å². The van der Waals surface area contributed by atoms with Crippen LogP contribution in [0.4, 0.5) is 0 Å². The van der Waals surface area contributed by atoms with E-state index in [0.717, 1.165) is 0 Å². The SMILES string of the molecule is CCCCCCCCC(CCCCCCCC)C(C)(OC)OC. The Morgan fingerprint density at radius 3 is 1.30 bits per heavy atom. The highest BCUT2D eigenvalue weighted by Gasteiger charge is 2.33. The molecule has 2 nitrogen and oxygen atoms in total. The maximum absolute atomic E-state index is 5.72. The molecular formula is C21H44O2. The zero-order valence-corrected chi connectivity index (χ0v) is 16.8. The molecule has 0 aliphatic heterocycles. The average molecular weight is 329 g/mol. The Hall–Kier alpha value is -0.0800. The summed E-state index contributed by atoms with van der Waals surface area (Å²) in [6.45, 7) is 6.67. The first-order valence-electron chi connectivity index (χ1n) is 10.2. The van der Waals surface area contributed by atoms with E-state index in [1.807, 2.05) is 0 Å². The second-order valence-corrected chi connectivity index (χ2v) is 7.23. The van der Waals surface area contributed by atoms with Crippen LogP contribution in [0.2, 0.25) is 0 Å². The lowest BCUT2D eigenvalue weighted by Crippen LogP contribution is -2.39. The minimum absolute atomic E-state index is 0.410. The topological polar surface area (TPSA) is 18.5 Å². The van der Waals surface area contributed by atoms with Gasteiger partial charge < -0.3 is 9.47 Å². The quantitative estimate of drug-likeness (QED) is 0.209. The van der Waals surface area contributed by atoms with Gasteiger partial charge in [-0.25, -0.2) is 0 Å². The second kappa shape index (κ2) is 15.4. The van der Waals surface area contributed by atoms with E-state index in [2.05, 4.69) is 20.8 Å². The van der Waals surface area contributed by atoms with Crippen LogP contribution in [0.5, 0.6) is 0 Å². The molecule has 0 aliphatic rings. The van der Waals surface area contributed by atoms with Gasteiger partial charge in [-0.1, -0.05) is 90.9 Å². The van der Waals surface area contributed by atoms with Crippen LogP contribution in [-0.4, -0.2) is 20.0 Å². The summed E-state index contributed by atoms with van der Waals surface area (Å²) in [7, 11) is 3.58. The van der Waals surface area contributed by atoms with Gasteiger partial charge in [0, 0.05) is 20.1 Å². The van der Waals surface area contributed by atoms with E-state index >= 15 is 0 Å². The largest absolute Gasteiger partial charge is 0.353 e. The molecule has 0 aromatic heterocycles. The van der Waals surface area contributed by atoms with E-state index in [-0.39, 0.29) is 0 Å². The number of hydrogen-bond donors (Lipinski definition) is 0. The lowest BCUT2D eigenvalue weighted by Gasteiger charge is -2.35. The van der Waals surface area contributed by atoms with Crippen LogP contribution in [0.1, 0.15) is 111 Å². The van der Waals surface area contributed by atoms with Gasteiger partial charge in [0.25, 0.3) is 0 Å². The molecule has 23 heavy (non-hydrogen) atoms. The molecule has 0 unspecified atom stereocenters. The summed E-state index contributed by atoms with van der Waals surface area (Å²) in [5.41, 5.74) is 0. The molecule has 0 amide bonds. The van der Waals surface area contributed by atoms with Gasteiger partial charge in [-0.15, -0.1) is 0 Å². The first kappa shape index (κ1) is 22.9. The highest BCUT2D eigenvalue weighted by atomic mass is 16.7. The standard InChI is InChI=1S/C21H44O2/c1-6-8-10-12-14-16-18-20(21(3,22-4)23-5)19-17-15-13-11-9-7-2/h20H,6-19H2,1-5H3. The molecule has 0 aliphatic carbocycles. The molecule has 0 saturated heterocycles. The maximum Gasteiger partial charge on any atom is 0.167 e. The third-order valence-electron chi connectivity index (χ3n) is 5.36. The van der Waals surface area contributed by atoms with E-state index in [4.69, 9.17) is 9.47 Å². The predicted octanol–water partition coefficient (Wildman–Crippen LogP) is 7.11. The Morgan fingerprint density at radius 1 is 0.609 bits per heavy atom. The molecule has 0 radical (unpaired) electrons. The fourth-order valence-electron chi connectivity index (χ4n) is 3.43. The van der Waals surface area contributed by atoms with Gasteiger partial charge in [-0.3, -0.25) is 0 Å². The summed E-state index contributed by atoms with van der Waals surface area (Å²) in [6, 6.07) is 0. The average Bonchev–Trinajstić information content (AvgIpc) is 2.58. The number of rotatable bonds is 17. The van der Waals surface area contributed by atoms with Crippen molar-refractivity contribution in [1.82, 2.24) is 0 Å². The molecule has 0 N–H and O–H groups in total. The smallest absolute Gasteiger partial charge is 0.167 e. The van der Waals surface area contributed by atoms with E-state index in [1.54, 1.807) is 14.2 Å². The third-order valence-corrected chi connectivity index (χ3v) is 5.36. The highest BCUT2D eigenvalue weighted by molar-refractivity contribution is 4.75. The molecule has 0 saturated carbocycles. The minimum Gasteiger partial charge on any atom is -0.353 e. The van der Waals surface area contributed by atoms with Crippen molar-refractivity contribution in [1.29, 1.82) is 0 Å². The molecule has 0 fully saturated rings. The summed E-state index contributed by atoms with van der Waals surface area (Å²) < 4.78 is 11.4. The molecule has 2 heteroatoms. The van der Waals surface area contributed by atoms with Gasteiger partial charge in [0.05, 0.1) is 0 Å². The molecule has 0 aromatic carbocycles. The number of hydrogen-bond acceptors (Lipinski definition) is 2. The molecule has 0 atom stereocenters. The maximum atomic E-state index is 5.72. The van der Waals surface area contributed by atoms with Crippen molar-refractivity contribution in [2.45, 2.75) is 116 Å². The lowest BCUT2D eigenvalue weighted by molar-refractivity contribution is -0.230. The van der Waals surface area contributed by atoms with Crippen LogP contribution in [0.15, 0.2) is 0 Å². The van der Waals surface area contributed by atoms with Crippen molar-refractivity contribution in [2.24, 2.45) is 5.92 Å². The van der Waals surface area contributed by atoms with Gasteiger partial charge in [-0.2, -0.15) is 0 Å². The van der Waals surface area contributed by atoms with E-state index < -0.39 is 5.79 Å². The van der Waals surface area contributed by atoms with Gasteiger partial charge in [0.1, 0.15) is 0 Å². The van der Waals surface area contributed by atoms with Gasteiger partial charge in [-0.05, 0) is 19.8 Å². The zero-order chi connectivity index (χ0) is 17.4. The molecule has 0 spiro atoms. The van der Waals surface area contributed by atoms with E-state index in [1.165, 1.54) is 89.9 Å². The van der Waals surface area contributed by atoms with Crippen molar-refractivity contribution in [3.63, 3.8) is 0 Å². The predicted molar refractivity (Wildman–Crippen MR) is 102 cm³/mol. The van der Waals surface area contributed by atoms with Crippen molar-refractivity contribution < 1.29 is 9.47 Å². The molecule has 140 valence electrons. The summed E-state index contributed by atoms with van der Waals surface area (Å²) in [5.74, 6) is 0.113. The fourth-order valence-corrected chi connectivity index (χ4v) is 3.43. The Bertz CT molecular complexity index is 220. The Labute approximate surface area is 146 Å². The molecule has 0 bridgehead atoms. The van der Waals surface area contributed by atoms with Crippen LogP contribution in [0.3, 0.4) is 0 Å². The van der Waals surface area contributed by atoms with Crippen molar-refractivity contribution in [2.75, 3.05) is 14.2 Å². The van der Waals surface area contributed by atoms with Gasteiger partial charge in [0.15, 0.2) is 5.79 Å². The van der Waals surface area contributed by atoms with Crippen LogP contribution >= 0.6 is 0 Å². The summed E-state index contributed by atoms with van der Waals surface area (Å²) in [6.07, 6.45) is 18.8. The van der Waals surface area contributed by atoms with Crippen molar-refractivity contribution in [3.8, 4) is 0 Å². The van der Waals surface area contributed by atoms with Crippen molar-refractivity contribution in [3.05, 3.63) is 0 Å². The van der Waals surface area contributed by atoms with E-state index in [9.17, 15) is 0 Å². The Balaban J connectivity index is 4.09. The summed E-state index contributed by atoms with van der Waals surface area (Å²) in [4.78, 5) is 0. The Morgan fingerprint density at radius 2 is 0.957 bits per heavy atom. The molecule has 0 rings (SSSR count). The third kappa shape index (κ3) is 11.2. The monoisotopic (exact) mass is 328 g/mol. The number of unbranched alkanes of at least 4 members (excludes halogenated alkanes) is 10. The molecule has 0 aromatic rings. The minimum atomic E-state index is -0.410. The van der Waals surface area contributed by atoms with Crippen molar-refractivity contribution >= 4 is 0 Å². The number of methoxy groups -OCH3 is 2. The van der Waals surface area contributed by atoms with Crippen LogP contribution in [-0.2, 0) is 9.47 Å². The fraction of sp³-hybridized carbons (Fsp3) is 1.00. The Kier molecular flexibility index (Phi) is 15.4. The second-order valence-electron chi connectivity index (χ2n) is 7.23. The molecular weight excluding hydrogens is 284 g/mol. The summed E-state index contributed by atoms with van der Waals surface area (Å²) >= 11 is 0. The van der Waals surface area contributed by atoms with Gasteiger partial charge in [0.2, 0.25) is 0 Å². The van der Waals surface area contributed by atoms with Crippen LogP contribution in [0.25, 0.3) is 0 Å². The highest BCUT2D eigenvalue weighted by Crippen LogP contribution is 2.32. The number of ether oxygens (including phenoxy) is 2. The van der Waals surface area contributed by atoms with Gasteiger partial charge >= 0.3 is 0 Å². The van der Waals surface area contributed by atoms with Crippen LogP contribution < -0.4 is 0 Å². The zero-order valence-electron chi connectivity index (χ0n) is 16.8. The first-order chi connectivity index (χ1) is 11.1. The first-order valence-corrected chi connectivity index (χ1v) is 10.2. The summed E-state index contributed by atoms with van der Waals surface area (Å²) in [5, 5.41) is 0.